The van der Waals surface area contributed by atoms with Gasteiger partial charge >= 0.3 is 0 Å². The highest BCUT2D eigenvalue weighted by atomic mass is 32.1. The Hall–Kier alpha value is -1.95. The molecule has 1 unspecified atom stereocenters. The predicted molar refractivity (Wildman–Crippen MR) is 97.6 cm³/mol. The van der Waals surface area contributed by atoms with E-state index in [2.05, 4.69) is 27.1 Å². The molecule has 5 nitrogen and oxygen atoms in total. The summed E-state index contributed by atoms with van der Waals surface area (Å²) in [7, 11) is 0. The van der Waals surface area contributed by atoms with Crippen molar-refractivity contribution in [3.05, 3.63) is 39.5 Å². The van der Waals surface area contributed by atoms with E-state index < -0.39 is 0 Å². The van der Waals surface area contributed by atoms with Gasteiger partial charge in [-0.05, 0) is 44.7 Å². The van der Waals surface area contributed by atoms with Crippen LogP contribution in [0.1, 0.15) is 45.7 Å². The second-order valence-corrected chi connectivity index (χ2v) is 7.82. The summed E-state index contributed by atoms with van der Waals surface area (Å²) in [5.41, 5.74) is 1.69. The van der Waals surface area contributed by atoms with Crippen molar-refractivity contribution in [1.29, 1.82) is 0 Å². The van der Waals surface area contributed by atoms with Crippen LogP contribution >= 0.6 is 11.3 Å². The molecular formula is C18H24N4OS. The minimum atomic E-state index is -0.0748. The molecule has 24 heavy (non-hydrogen) atoms. The zero-order chi connectivity index (χ0) is 17.1. The van der Waals surface area contributed by atoms with Crippen molar-refractivity contribution in [2.75, 3.05) is 18.0 Å². The van der Waals surface area contributed by atoms with Gasteiger partial charge in [0, 0.05) is 29.7 Å². The van der Waals surface area contributed by atoms with E-state index in [0.717, 1.165) is 29.6 Å². The predicted octanol–water partition coefficient (Wildman–Crippen LogP) is 3.32. The highest BCUT2D eigenvalue weighted by molar-refractivity contribution is 7.11. The zero-order valence-corrected chi connectivity index (χ0v) is 15.3. The maximum absolute atomic E-state index is 12.4. The minimum Gasteiger partial charge on any atom is -0.356 e. The molecule has 1 fully saturated rings. The molecule has 0 saturated carbocycles. The fourth-order valence-corrected chi connectivity index (χ4v) is 3.88. The summed E-state index contributed by atoms with van der Waals surface area (Å²) in [5.74, 6) is 1.50. The quantitative estimate of drug-likeness (QED) is 0.924. The van der Waals surface area contributed by atoms with Gasteiger partial charge in [0.2, 0.25) is 0 Å². The second-order valence-electron chi connectivity index (χ2n) is 6.53. The number of hydrogen-bond acceptors (Lipinski definition) is 5. The van der Waals surface area contributed by atoms with E-state index >= 15 is 0 Å². The Balaban J connectivity index is 1.65. The summed E-state index contributed by atoms with van der Waals surface area (Å²) < 4.78 is 0. The number of nitrogens with zero attached hydrogens (tertiary/aromatic N) is 3. The largest absolute Gasteiger partial charge is 0.356 e. The van der Waals surface area contributed by atoms with Gasteiger partial charge in [0.1, 0.15) is 10.8 Å². The fraction of sp³-hybridized carbons (Fsp3) is 0.500. The molecule has 6 heteroatoms. The summed E-state index contributed by atoms with van der Waals surface area (Å²) in [4.78, 5) is 24.8. The molecule has 0 radical (unpaired) electrons. The van der Waals surface area contributed by atoms with Gasteiger partial charge in [-0.15, -0.1) is 11.3 Å². The number of piperidine rings is 1. The van der Waals surface area contributed by atoms with Gasteiger partial charge in [-0.3, -0.25) is 4.79 Å². The lowest BCUT2D eigenvalue weighted by Crippen LogP contribution is -2.35. The van der Waals surface area contributed by atoms with Crippen LogP contribution < -0.4 is 10.2 Å². The molecule has 0 bridgehead atoms. The summed E-state index contributed by atoms with van der Waals surface area (Å²) in [5, 5.41) is 3.90. The maximum atomic E-state index is 12.4. The molecule has 128 valence electrons. The van der Waals surface area contributed by atoms with E-state index in [1.54, 1.807) is 23.6 Å². The van der Waals surface area contributed by atoms with Gasteiger partial charge in [0.25, 0.3) is 5.91 Å². The number of nitrogens with one attached hydrogen (secondary N) is 1. The van der Waals surface area contributed by atoms with E-state index in [1.807, 2.05) is 19.9 Å². The minimum absolute atomic E-state index is 0.0748. The number of aryl methyl sites for hydroxylation is 2. The van der Waals surface area contributed by atoms with Crippen LogP contribution in [0.25, 0.3) is 0 Å². The van der Waals surface area contributed by atoms with Gasteiger partial charge in [-0.1, -0.05) is 6.92 Å². The van der Waals surface area contributed by atoms with E-state index in [-0.39, 0.29) is 5.91 Å². The molecule has 1 amide bonds. The topological polar surface area (TPSA) is 58.1 Å². The Kier molecular flexibility index (Phi) is 5.14. The average Bonchev–Trinajstić information content (AvgIpc) is 2.91. The molecule has 1 saturated heterocycles. The van der Waals surface area contributed by atoms with Gasteiger partial charge in [0.05, 0.1) is 12.2 Å². The van der Waals surface area contributed by atoms with Crippen LogP contribution in [0, 0.1) is 19.8 Å². The summed E-state index contributed by atoms with van der Waals surface area (Å²) in [6.45, 7) is 8.80. The molecular weight excluding hydrogens is 320 g/mol. The van der Waals surface area contributed by atoms with Gasteiger partial charge in [-0.2, -0.15) is 0 Å². The normalized spacial score (nSPS) is 17.8. The molecule has 1 N–H and O–H groups in total. The third kappa shape index (κ3) is 3.93. The zero-order valence-electron chi connectivity index (χ0n) is 14.5. The Morgan fingerprint density at radius 1 is 1.46 bits per heavy atom. The highest BCUT2D eigenvalue weighted by Gasteiger charge is 2.18. The Labute approximate surface area is 147 Å². The summed E-state index contributed by atoms with van der Waals surface area (Å²) in [6.07, 6.45) is 4.17. The SMILES string of the molecule is Cc1nc(CNC(=O)c2ccnc(N3CCCC(C)C3)c2)sc1C. The molecule has 2 aromatic heterocycles. The number of amides is 1. The first kappa shape index (κ1) is 16.9. The Morgan fingerprint density at radius 2 is 2.29 bits per heavy atom. The molecule has 1 aliphatic rings. The summed E-state index contributed by atoms with van der Waals surface area (Å²) in [6, 6.07) is 3.66. The highest BCUT2D eigenvalue weighted by Crippen LogP contribution is 2.22. The van der Waals surface area contributed by atoms with Crippen LogP contribution in [0.2, 0.25) is 0 Å². The first-order valence-corrected chi connectivity index (χ1v) is 9.26. The Morgan fingerprint density at radius 3 is 3.00 bits per heavy atom. The van der Waals surface area contributed by atoms with E-state index in [0.29, 0.717) is 18.0 Å². The number of rotatable bonds is 4. The van der Waals surface area contributed by atoms with Crippen LogP contribution in [0.3, 0.4) is 0 Å². The maximum Gasteiger partial charge on any atom is 0.251 e. The van der Waals surface area contributed by atoms with Crippen molar-refractivity contribution >= 4 is 23.1 Å². The van der Waals surface area contributed by atoms with Crippen LogP contribution in [-0.4, -0.2) is 29.0 Å². The van der Waals surface area contributed by atoms with Crippen LogP contribution in [0.15, 0.2) is 18.3 Å². The van der Waals surface area contributed by atoms with Gasteiger partial charge in [0.15, 0.2) is 0 Å². The second kappa shape index (κ2) is 7.30. The van der Waals surface area contributed by atoms with Crippen LogP contribution in [-0.2, 0) is 6.54 Å². The van der Waals surface area contributed by atoms with Crippen LogP contribution in [0.5, 0.6) is 0 Å². The molecule has 3 heterocycles. The van der Waals surface area contributed by atoms with Crippen molar-refractivity contribution in [2.24, 2.45) is 5.92 Å². The molecule has 3 rings (SSSR count). The number of thiazole rings is 1. The van der Waals surface area contributed by atoms with Crippen LogP contribution in [0.4, 0.5) is 5.82 Å². The smallest absolute Gasteiger partial charge is 0.251 e. The summed E-state index contributed by atoms with van der Waals surface area (Å²) >= 11 is 1.63. The number of carbonyl (C=O) groups excluding carboxylic acids is 1. The molecule has 1 aliphatic heterocycles. The number of aromatic nitrogens is 2. The van der Waals surface area contributed by atoms with Gasteiger partial charge in [-0.25, -0.2) is 9.97 Å². The number of anilines is 1. The average molecular weight is 344 g/mol. The van der Waals surface area contributed by atoms with E-state index in [1.165, 1.54) is 17.7 Å². The lowest BCUT2D eigenvalue weighted by molar-refractivity contribution is 0.0950. The molecule has 2 aromatic rings. The number of pyridine rings is 1. The number of carbonyl (C=O) groups is 1. The molecule has 0 spiro atoms. The van der Waals surface area contributed by atoms with E-state index in [9.17, 15) is 4.79 Å². The third-order valence-electron chi connectivity index (χ3n) is 4.46. The van der Waals surface area contributed by atoms with E-state index in [4.69, 9.17) is 0 Å². The standard InChI is InChI=1S/C18H24N4OS/c1-12-5-4-8-22(11-12)16-9-15(6-7-19-16)18(23)20-10-17-21-13(2)14(3)24-17/h6-7,9,12H,4-5,8,10-11H2,1-3H3,(H,20,23). The first-order chi connectivity index (χ1) is 11.5. The lowest BCUT2D eigenvalue weighted by Gasteiger charge is -2.31. The van der Waals surface area contributed by atoms with Crippen molar-refractivity contribution in [1.82, 2.24) is 15.3 Å². The Bertz CT molecular complexity index is 708. The fourth-order valence-electron chi connectivity index (χ4n) is 3.00. The van der Waals surface area contributed by atoms with Crippen molar-refractivity contribution in [2.45, 2.75) is 40.2 Å². The van der Waals surface area contributed by atoms with Crippen molar-refractivity contribution in [3.8, 4) is 0 Å². The molecule has 1 atom stereocenters. The number of hydrogen-bond donors (Lipinski definition) is 1. The van der Waals surface area contributed by atoms with Gasteiger partial charge < -0.3 is 10.2 Å². The molecule has 0 aromatic carbocycles. The first-order valence-electron chi connectivity index (χ1n) is 8.45. The third-order valence-corrected chi connectivity index (χ3v) is 5.53. The van der Waals surface area contributed by atoms with Crippen molar-refractivity contribution in [3.63, 3.8) is 0 Å². The molecule has 0 aliphatic carbocycles. The monoisotopic (exact) mass is 344 g/mol. The lowest BCUT2D eigenvalue weighted by atomic mass is 10.0. The van der Waals surface area contributed by atoms with Crippen molar-refractivity contribution < 1.29 is 4.79 Å².